The number of aromatic nitrogens is 2. The molecule has 0 spiro atoms. The fourth-order valence-corrected chi connectivity index (χ4v) is 7.45. The van der Waals surface area contributed by atoms with Gasteiger partial charge in [0, 0.05) is 48.4 Å². The van der Waals surface area contributed by atoms with Gasteiger partial charge in [-0.3, -0.25) is 0 Å². The molecule has 6 nitrogen and oxygen atoms in total. The molecule has 0 bridgehead atoms. The maximum absolute atomic E-state index is 12.2. The number of carboxylic acids is 1. The molecule has 8 heteroatoms. The highest BCUT2D eigenvalue weighted by Gasteiger charge is 2.16. The van der Waals surface area contributed by atoms with E-state index in [1.807, 2.05) is 42.5 Å². The van der Waals surface area contributed by atoms with E-state index >= 15 is 0 Å². The largest absolute Gasteiger partial charge is 0.478 e. The molecule has 2 aromatic heterocycles. The van der Waals surface area contributed by atoms with E-state index in [4.69, 9.17) is 27.9 Å². The monoisotopic (exact) mass is 764 g/mol. The molecule has 0 saturated heterocycles. The van der Waals surface area contributed by atoms with Crippen molar-refractivity contribution in [1.82, 2.24) is 9.13 Å². The van der Waals surface area contributed by atoms with Crippen LogP contribution in [0, 0.1) is 0 Å². The zero-order valence-corrected chi connectivity index (χ0v) is 31.7. The summed E-state index contributed by atoms with van der Waals surface area (Å²) in [5.74, 6) is -1.33. The van der Waals surface area contributed by atoms with Crippen LogP contribution in [-0.2, 0) is 30.7 Å². The first-order chi connectivity index (χ1) is 26.8. The van der Waals surface area contributed by atoms with Crippen LogP contribution in [0.15, 0.2) is 158 Å². The minimum Gasteiger partial charge on any atom is -0.478 e. The number of carboxylic acid groups (broad SMARTS) is 1. The first kappa shape index (κ1) is 37.2. The Bertz CT molecular complexity index is 2610. The third kappa shape index (κ3) is 8.68. The fourth-order valence-electron chi connectivity index (χ4n) is 7.11. The molecule has 0 saturated carbocycles. The van der Waals surface area contributed by atoms with Crippen LogP contribution in [-0.4, -0.2) is 33.3 Å². The van der Waals surface area contributed by atoms with E-state index in [0.717, 1.165) is 46.2 Å². The van der Waals surface area contributed by atoms with Gasteiger partial charge in [-0.2, -0.15) is 0 Å². The molecule has 0 unspecified atom stereocenters. The summed E-state index contributed by atoms with van der Waals surface area (Å²) >= 11 is 12.1. The van der Waals surface area contributed by atoms with Gasteiger partial charge in [0.15, 0.2) is 0 Å². The third-order valence-corrected chi connectivity index (χ3v) is 10.1. The molecule has 0 aliphatic rings. The molecular formula is C47H38Cl2N2O4. The van der Waals surface area contributed by atoms with E-state index in [1.54, 1.807) is 18.2 Å². The highest BCUT2D eigenvalue weighted by atomic mass is 35.5. The third-order valence-electron chi connectivity index (χ3n) is 9.68. The number of fused-ring (bicyclic) bond motifs is 2. The zero-order valence-electron chi connectivity index (χ0n) is 30.2. The molecule has 2 heterocycles. The van der Waals surface area contributed by atoms with Crippen molar-refractivity contribution in [3.8, 4) is 0 Å². The van der Waals surface area contributed by atoms with Gasteiger partial charge in [0.1, 0.15) is 0 Å². The summed E-state index contributed by atoms with van der Waals surface area (Å²) in [6, 6.07) is 47.8. The van der Waals surface area contributed by atoms with Crippen LogP contribution in [0.4, 0.5) is 0 Å². The maximum Gasteiger partial charge on any atom is 0.338 e. The lowest BCUT2D eigenvalue weighted by molar-refractivity contribution is 0.0598. The van der Waals surface area contributed by atoms with Crippen LogP contribution >= 0.6 is 23.2 Å². The van der Waals surface area contributed by atoms with Gasteiger partial charge in [-0.05, 0) is 80.6 Å². The average molecular weight is 766 g/mol. The molecule has 8 rings (SSSR count). The normalized spacial score (nSPS) is 11.0. The van der Waals surface area contributed by atoms with Crippen molar-refractivity contribution in [2.24, 2.45) is 0 Å². The summed E-state index contributed by atoms with van der Waals surface area (Å²) in [6.07, 6.45) is 5.36. The highest BCUT2D eigenvalue weighted by molar-refractivity contribution is 6.31. The number of aromatic carboxylic acids is 1. The number of benzene rings is 6. The van der Waals surface area contributed by atoms with Crippen LogP contribution in [0.25, 0.3) is 21.8 Å². The van der Waals surface area contributed by atoms with E-state index in [0.29, 0.717) is 28.5 Å². The van der Waals surface area contributed by atoms with Crippen LogP contribution in [0.2, 0.25) is 10.0 Å². The quantitative estimate of drug-likeness (QED) is 0.141. The highest BCUT2D eigenvalue weighted by Crippen LogP contribution is 2.28. The molecule has 0 aliphatic heterocycles. The number of rotatable bonds is 10. The predicted molar refractivity (Wildman–Crippen MR) is 222 cm³/mol. The number of ether oxygens (including phenoxy) is 1. The van der Waals surface area contributed by atoms with Gasteiger partial charge in [-0.1, -0.05) is 132 Å². The first-order valence-electron chi connectivity index (χ1n) is 17.9. The van der Waals surface area contributed by atoms with Crippen molar-refractivity contribution < 1.29 is 19.4 Å². The van der Waals surface area contributed by atoms with E-state index in [2.05, 4.69) is 100 Å². The van der Waals surface area contributed by atoms with Gasteiger partial charge in [0.2, 0.25) is 0 Å². The molecule has 0 amide bonds. The number of carbonyl (C=O) groups excluding carboxylic acids is 1. The molecule has 1 N–H and O–H groups in total. The summed E-state index contributed by atoms with van der Waals surface area (Å²) in [4.78, 5) is 23.8. The lowest BCUT2D eigenvalue weighted by Gasteiger charge is -2.13. The van der Waals surface area contributed by atoms with Crippen molar-refractivity contribution in [3.63, 3.8) is 0 Å². The number of carbonyl (C=O) groups is 2. The Hall–Kier alpha value is -6.08. The van der Waals surface area contributed by atoms with Crippen molar-refractivity contribution in [1.29, 1.82) is 0 Å². The van der Waals surface area contributed by atoms with Gasteiger partial charge < -0.3 is 19.0 Å². The number of hydrogen-bond donors (Lipinski definition) is 1. The Morgan fingerprint density at radius 3 is 1.45 bits per heavy atom. The molecule has 55 heavy (non-hydrogen) atoms. The summed E-state index contributed by atoms with van der Waals surface area (Å²) < 4.78 is 9.42. The van der Waals surface area contributed by atoms with Crippen molar-refractivity contribution >= 4 is 56.9 Å². The Morgan fingerprint density at radius 1 is 0.545 bits per heavy atom. The topological polar surface area (TPSA) is 73.5 Å². The second-order valence-electron chi connectivity index (χ2n) is 13.3. The number of nitrogens with zero attached hydrogens (tertiary/aromatic N) is 2. The Labute approximate surface area is 329 Å². The van der Waals surface area contributed by atoms with Gasteiger partial charge in [-0.25, -0.2) is 9.59 Å². The SMILES string of the molecule is COC(=O)c1cc(Cl)ccc1Cc1cccc2ccn(Cc3ccccc3)c12.O=C(O)c1cc(Cl)ccc1Cc1cccc2ccn(Cc3ccccc3)c12. The van der Waals surface area contributed by atoms with Crippen molar-refractivity contribution in [3.05, 3.63) is 213 Å². The Kier molecular flexibility index (Phi) is 11.5. The first-order valence-corrected chi connectivity index (χ1v) is 18.6. The molecule has 0 aliphatic carbocycles. The molecule has 6 aromatic carbocycles. The van der Waals surface area contributed by atoms with Crippen LogP contribution in [0.3, 0.4) is 0 Å². The Balaban J connectivity index is 0.000000169. The second-order valence-corrected chi connectivity index (χ2v) is 14.2. The molecule has 0 fully saturated rings. The molecule has 274 valence electrons. The van der Waals surface area contributed by atoms with E-state index in [1.165, 1.54) is 35.2 Å². The maximum atomic E-state index is 12.2. The summed E-state index contributed by atoms with van der Waals surface area (Å²) in [6.45, 7) is 1.57. The number of methoxy groups -OCH3 is 1. The molecule has 0 radical (unpaired) electrons. The molecule has 0 atom stereocenters. The average Bonchev–Trinajstić information content (AvgIpc) is 3.81. The van der Waals surface area contributed by atoms with Crippen LogP contribution < -0.4 is 0 Å². The second kappa shape index (κ2) is 16.9. The van der Waals surface area contributed by atoms with Gasteiger partial charge in [0.25, 0.3) is 0 Å². The lowest BCUT2D eigenvalue weighted by atomic mass is 9.98. The summed E-state index contributed by atoms with van der Waals surface area (Å²) in [5.41, 5.74) is 9.45. The lowest BCUT2D eigenvalue weighted by Crippen LogP contribution is -2.07. The zero-order chi connectivity index (χ0) is 38.3. The summed E-state index contributed by atoms with van der Waals surface area (Å²) in [7, 11) is 1.39. The summed E-state index contributed by atoms with van der Waals surface area (Å²) in [5, 5.41) is 12.8. The minimum absolute atomic E-state index is 0.251. The van der Waals surface area contributed by atoms with E-state index in [-0.39, 0.29) is 11.5 Å². The Morgan fingerprint density at radius 2 is 1.00 bits per heavy atom. The standard InChI is InChI=1S/C24H20ClNO2.C23H18ClNO2/c1-28-24(27)22-15-21(25)11-10-19(22)14-20-9-5-8-18-12-13-26(23(18)20)16-17-6-3-2-4-7-17;24-20-10-9-18(21(14-20)23(26)27)13-19-8-4-7-17-11-12-25(22(17)19)15-16-5-2-1-3-6-16/h2-13,15H,14,16H2,1H3;1-12,14H,13,15H2,(H,26,27). The van der Waals surface area contributed by atoms with E-state index in [9.17, 15) is 14.7 Å². The molecular weight excluding hydrogens is 727 g/mol. The van der Waals surface area contributed by atoms with Gasteiger partial charge >= 0.3 is 11.9 Å². The van der Waals surface area contributed by atoms with Gasteiger partial charge in [-0.15, -0.1) is 0 Å². The molecule has 8 aromatic rings. The van der Waals surface area contributed by atoms with Crippen molar-refractivity contribution in [2.75, 3.05) is 7.11 Å². The van der Waals surface area contributed by atoms with Crippen LogP contribution in [0.5, 0.6) is 0 Å². The number of halogens is 2. The van der Waals surface area contributed by atoms with Gasteiger partial charge in [0.05, 0.1) is 29.3 Å². The van der Waals surface area contributed by atoms with Crippen LogP contribution in [0.1, 0.15) is 54.1 Å². The number of hydrogen-bond acceptors (Lipinski definition) is 3. The number of para-hydroxylation sites is 2. The predicted octanol–water partition coefficient (Wildman–Crippen LogP) is 11.4. The number of esters is 1. The van der Waals surface area contributed by atoms with Crippen molar-refractivity contribution in [2.45, 2.75) is 25.9 Å². The fraction of sp³-hybridized carbons (Fsp3) is 0.106. The smallest absolute Gasteiger partial charge is 0.338 e. The van der Waals surface area contributed by atoms with E-state index < -0.39 is 5.97 Å². The minimum atomic E-state index is -0.959.